The van der Waals surface area contributed by atoms with Gasteiger partial charge >= 0.3 is 0 Å². The van der Waals surface area contributed by atoms with Crippen molar-refractivity contribution in [3.8, 4) is 0 Å². The van der Waals surface area contributed by atoms with Gasteiger partial charge in [0.1, 0.15) is 6.54 Å². The summed E-state index contributed by atoms with van der Waals surface area (Å²) >= 11 is 0. The number of hydrogen-bond donors (Lipinski definition) is 1. The third kappa shape index (κ3) is 2.30. The highest BCUT2D eigenvalue weighted by molar-refractivity contribution is 6.07. The van der Waals surface area contributed by atoms with Gasteiger partial charge in [0, 0.05) is 6.54 Å². The Labute approximate surface area is 106 Å². The zero-order valence-electron chi connectivity index (χ0n) is 10.4. The van der Waals surface area contributed by atoms with Crippen molar-refractivity contribution < 1.29 is 14.4 Å². The van der Waals surface area contributed by atoms with Crippen LogP contribution in [0.2, 0.25) is 0 Å². The molecule has 5 heteroatoms. The summed E-state index contributed by atoms with van der Waals surface area (Å²) in [6, 6.07) is 0. The van der Waals surface area contributed by atoms with E-state index in [2.05, 4.69) is 11.9 Å². The van der Waals surface area contributed by atoms with Gasteiger partial charge in [-0.25, -0.2) is 0 Å². The lowest BCUT2D eigenvalue weighted by molar-refractivity contribution is -0.143. The number of rotatable bonds is 4. The van der Waals surface area contributed by atoms with Crippen LogP contribution in [0, 0.1) is 11.8 Å². The number of fused-ring (bicyclic) bond motifs is 1. The summed E-state index contributed by atoms with van der Waals surface area (Å²) in [5.74, 6) is -1.01. The zero-order chi connectivity index (χ0) is 13.1. The molecular formula is C13H18N2O3. The summed E-state index contributed by atoms with van der Waals surface area (Å²) < 4.78 is 0. The SMILES string of the molecule is C=CCNC(=O)CN1C(=O)C2CCCCC2C1=O. The molecule has 2 atom stereocenters. The third-order valence-corrected chi connectivity index (χ3v) is 3.68. The number of hydrogen-bond acceptors (Lipinski definition) is 3. The van der Waals surface area contributed by atoms with Crippen molar-refractivity contribution in [1.29, 1.82) is 0 Å². The van der Waals surface area contributed by atoms with E-state index in [1.807, 2.05) is 0 Å². The van der Waals surface area contributed by atoms with Crippen LogP contribution in [0.1, 0.15) is 25.7 Å². The van der Waals surface area contributed by atoms with Crippen LogP contribution in [0.5, 0.6) is 0 Å². The maximum Gasteiger partial charge on any atom is 0.240 e. The maximum absolute atomic E-state index is 12.1. The second kappa shape index (κ2) is 5.33. The standard InChI is InChI=1S/C13H18N2O3/c1-2-7-14-11(16)8-15-12(17)9-5-3-4-6-10(9)13(15)18/h2,9-10H,1,3-8H2,(H,14,16). The Morgan fingerprint density at radius 3 is 2.33 bits per heavy atom. The van der Waals surface area contributed by atoms with E-state index in [-0.39, 0.29) is 36.1 Å². The Balaban J connectivity index is 2.00. The quantitative estimate of drug-likeness (QED) is 0.582. The lowest BCUT2D eigenvalue weighted by Crippen LogP contribution is -2.41. The van der Waals surface area contributed by atoms with Gasteiger partial charge < -0.3 is 5.32 Å². The first-order valence-corrected chi connectivity index (χ1v) is 6.38. The minimum atomic E-state index is -0.310. The molecule has 0 bridgehead atoms. The summed E-state index contributed by atoms with van der Waals surface area (Å²) in [6.45, 7) is 3.69. The van der Waals surface area contributed by atoms with Gasteiger partial charge in [0.2, 0.25) is 17.7 Å². The van der Waals surface area contributed by atoms with E-state index < -0.39 is 0 Å². The van der Waals surface area contributed by atoms with E-state index in [0.717, 1.165) is 30.6 Å². The second-order valence-corrected chi connectivity index (χ2v) is 4.85. The van der Waals surface area contributed by atoms with Crippen LogP contribution in [0.3, 0.4) is 0 Å². The average molecular weight is 250 g/mol. The maximum atomic E-state index is 12.1. The molecule has 2 rings (SSSR count). The average Bonchev–Trinajstić information content (AvgIpc) is 2.62. The lowest BCUT2D eigenvalue weighted by Gasteiger charge is -2.19. The first-order chi connectivity index (χ1) is 8.65. The van der Waals surface area contributed by atoms with Gasteiger partial charge in [0.15, 0.2) is 0 Å². The fourth-order valence-corrected chi connectivity index (χ4v) is 2.77. The summed E-state index contributed by atoms with van der Waals surface area (Å²) in [6.07, 6.45) is 5.11. The lowest BCUT2D eigenvalue weighted by atomic mass is 9.81. The smallest absolute Gasteiger partial charge is 0.240 e. The van der Waals surface area contributed by atoms with Crippen LogP contribution in [0.4, 0.5) is 0 Å². The van der Waals surface area contributed by atoms with Crippen molar-refractivity contribution in [3.05, 3.63) is 12.7 Å². The van der Waals surface area contributed by atoms with E-state index in [0.29, 0.717) is 6.54 Å². The molecule has 1 N–H and O–H groups in total. The van der Waals surface area contributed by atoms with Gasteiger partial charge in [-0.1, -0.05) is 18.9 Å². The van der Waals surface area contributed by atoms with Crippen molar-refractivity contribution in [1.82, 2.24) is 10.2 Å². The minimum absolute atomic E-state index is 0.154. The van der Waals surface area contributed by atoms with Gasteiger partial charge in [-0.05, 0) is 12.8 Å². The van der Waals surface area contributed by atoms with Gasteiger partial charge in [-0.15, -0.1) is 6.58 Å². The molecule has 1 saturated heterocycles. The molecule has 5 nitrogen and oxygen atoms in total. The Hall–Kier alpha value is -1.65. The number of imide groups is 1. The van der Waals surface area contributed by atoms with Gasteiger partial charge in [0.25, 0.3) is 0 Å². The Bertz CT molecular complexity index is 368. The number of nitrogens with zero attached hydrogens (tertiary/aromatic N) is 1. The molecule has 0 spiro atoms. The summed E-state index contributed by atoms with van der Waals surface area (Å²) in [5, 5.41) is 2.58. The number of nitrogens with one attached hydrogen (secondary N) is 1. The number of carbonyl (C=O) groups excluding carboxylic acids is 3. The molecule has 0 aromatic rings. The molecule has 0 aromatic carbocycles. The highest BCUT2D eigenvalue weighted by Gasteiger charge is 2.48. The number of likely N-dealkylation sites (tertiary alicyclic amines) is 1. The predicted octanol–water partition coefficient (Wildman–Crippen LogP) is 0.464. The van der Waals surface area contributed by atoms with Crippen molar-refractivity contribution in [2.45, 2.75) is 25.7 Å². The second-order valence-electron chi connectivity index (χ2n) is 4.85. The summed E-state index contributed by atoms with van der Waals surface area (Å²) in [4.78, 5) is 36.8. The number of carbonyl (C=O) groups is 3. The van der Waals surface area contributed by atoms with Crippen molar-refractivity contribution in [2.24, 2.45) is 11.8 Å². The Morgan fingerprint density at radius 2 is 1.83 bits per heavy atom. The highest BCUT2D eigenvalue weighted by atomic mass is 16.2. The van der Waals surface area contributed by atoms with Crippen LogP contribution in [-0.2, 0) is 14.4 Å². The summed E-state index contributed by atoms with van der Waals surface area (Å²) in [7, 11) is 0. The van der Waals surface area contributed by atoms with E-state index in [1.165, 1.54) is 0 Å². The predicted molar refractivity (Wildman–Crippen MR) is 65.4 cm³/mol. The fraction of sp³-hybridized carbons (Fsp3) is 0.615. The molecule has 0 radical (unpaired) electrons. The van der Waals surface area contributed by atoms with Crippen LogP contribution in [0.25, 0.3) is 0 Å². The Kier molecular flexibility index (Phi) is 3.79. The number of amides is 3. The van der Waals surface area contributed by atoms with Crippen molar-refractivity contribution in [3.63, 3.8) is 0 Å². The molecule has 0 aromatic heterocycles. The first kappa shape index (κ1) is 12.8. The summed E-state index contributed by atoms with van der Waals surface area (Å²) in [5.41, 5.74) is 0. The van der Waals surface area contributed by atoms with Gasteiger partial charge in [-0.2, -0.15) is 0 Å². The molecule has 1 aliphatic carbocycles. The van der Waals surface area contributed by atoms with Gasteiger partial charge in [-0.3, -0.25) is 19.3 Å². The van der Waals surface area contributed by atoms with Crippen LogP contribution in [0.15, 0.2) is 12.7 Å². The molecule has 2 aliphatic rings. The zero-order valence-corrected chi connectivity index (χ0v) is 10.4. The molecule has 2 fully saturated rings. The first-order valence-electron chi connectivity index (χ1n) is 6.38. The van der Waals surface area contributed by atoms with E-state index >= 15 is 0 Å². The normalized spacial score (nSPS) is 27.0. The van der Waals surface area contributed by atoms with Crippen LogP contribution >= 0.6 is 0 Å². The molecule has 98 valence electrons. The van der Waals surface area contributed by atoms with E-state index in [1.54, 1.807) is 6.08 Å². The van der Waals surface area contributed by atoms with Crippen LogP contribution in [-0.4, -0.2) is 35.7 Å². The highest BCUT2D eigenvalue weighted by Crippen LogP contribution is 2.37. The monoisotopic (exact) mass is 250 g/mol. The van der Waals surface area contributed by atoms with Crippen molar-refractivity contribution in [2.75, 3.05) is 13.1 Å². The van der Waals surface area contributed by atoms with E-state index in [4.69, 9.17) is 0 Å². The topological polar surface area (TPSA) is 66.5 Å². The molecular weight excluding hydrogens is 232 g/mol. The molecule has 18 heavy (non-hydrogen) atoms. The Morgan fingerprint density at radius 1 is 1.28 bits per heavy atom. The molecule has 1 saturated carbocycles. The largest absolute Gasteiger partial charge is 0.351 e. The van der Waals surface area contributed by atoms with E-state index in [9.17, 15) is 14.4 Å². The van der Waals surface area contributed by atoms with Crippen molar-refractivity contribution >= 4 is 17.7 Å². The molecule has 2 unspecified atom stereocenters. The molecule has 3 amide bonds. The van der Waals surface area contributed by atoms with Gasteiger partial charge in [0.05, 0.1) is 11.8 Å². The third-order valence-electron chi connectivity index (χ3n) is 3.68. The molecule has 1 aliphatic heterocycles. The molecule has 1 heterocycles. The fourth-order valence-electron chi connectivity index (χ4n) is 2.77. The van der Waals surface area contributed by atoms with Crippen LogP contribution < -0.4 is 5.32 Å². The minimum Gasteiger partial charge on any atom is -0.351 e.